The minimum Gasteiger partial charge on any atom is -0.494 e. The van der Waals surface area contributed by atoms with Gasteiger partial charge in [0.05, 0.1) is 12.2 Å². The number of fused-ring (bicyclic) bond motifs is 1. The molecule has 0 atom stereocenters. The third-order valence-corrected chi connectivity index (χ3v) is 8.96. The second-order valence-electron chi connectivity index (χ2n) is 13.0. The summed E-state index contributed by atoms with van der Waals surface area (Å²) in [5, 5.41) is 1.91. The second kappa shape index (κ2) is 23.2. The Morgan fingerprint density at radius 3 is 1.52 bits per heavy atom. The van der Waals surface area contributed by atoms with Crippen molar-refractivity contribution in [2.45, 2.75) is 149 Å². The summed E-state index contributed by atoms with van der Waals surface area (Å²) in [6, 6.07) is 18.5. The predicted octanol–water partition coefficient (Wildman–Crippen LogP) is 12.9. The monoisotopic (exact) mass is 628 g/mol. The van der Waals surface area contributed by atoms with E-state index in [4.69, 9.17) is 9.47 Å². The first-order valence-corrected chi connectivity index (χ1v) is 18.6. The molecule has 0 spiro atoms. The van der Waals surface area contributed by atoms with Gasteiger partial charge in [0.2, 0.25) is 0 Å². The van der Waals surface area contributed by atoms with E-state index in [1.165, 1.54) is 109 Å². The summed E-state index contributed by atoms with van der Waals surface area (Å²) in [7, 11) is 0. The van der Waals surface area contributed by atoms with Crippen LogP contribution in [0.5, 0.6) is 11.5 Å². The Morgan fingerprint density at radius 1 is 0.478 bits per heavy atom. The lowest BCUT2D eigenvalue weighted by molar-refractivity contribution is 0.0734. The topological polar surface area (TPSA) is 52.6 Å². The Labute approximate surface area is 279 Å². The van der Waals surface area contributed by atoms with E-state index in [0.29, 0.717) is 24.3 Å². The van der Waals surface area contributed by atoms with Crippen LogP contribution in [0.25, 0.3) is 10.8 Å². The van der Waals surface area contributed by atoms with E-state index in [-0.39, 0.29) is 5.78 Å². The molecule has 0 fully saturated rings. The summed E-state index contributed by atoms with van der Waals surface area (Å²) in [6.07, 6.45) is 26.2. The van der Waals surface area contributed by atoms with Gasteiger partial charge in [-0.25, -0.2) is 4.79 Å². The highest BCUT2D eigenvalue weighted by molar-refractivity contribution is 6.00. The lowest BCUT2D eigenvalue weighted by atomic mass is 10.00. The molecule has 3 aromatic carbocycles. The highest BCUT2D eigenvalue weighted by Crippen LogP contribution is 2.24. The van der Waals surface area contributed by atoms with Gasteiger partial charge in [-0.2, -0.15) is 0 Å². The molecule has 0 N–H and O–H groups in total. The van der Waals surface area contributed by atoms with E-state index in [9.17, 15) is 9.59 Å². The molecule has 0 saturated carbocycles. The van der Waals surface area contributed by atoms with E-state index in [1.54, 1.807) is 18.2 Å². The fraction of sp³-hybridized carbons (Fsp3) is 0.571. The first kappa shape index (κ1) is 37.3. The van der Waals surface area contributed by atoms with Crippen LogP contribution in [0.4, 0.5) is 0 Å². The molecule has 0 aliphatic rings. The summed E-state index contributed by atoms with van der Waals surface area (Å²) >= 11 is 0. The normalized spacial score (nSPS) is 11.2. The van der Waals surface area contributed by atoms with Crippen molar-refractivity contribution in [2.75, 3.05) is 6.61 Å². The van der Waals surface area contributed by atoms with Crippen LogP contribution in [0.1, 0.15) is 169 Å². The van der Waals surface area contributed by atoms with Crippen molar-refractivity contribution < 1.29 is 19.1 Å². The smallest absolute Gasteiger partial charge is 0.343 e. The van der Waals surface area contributed by atoms with Crippen molar-refractivity contribution in [3.05, 3.63) is 71.8 Å². The van der Waals surface area contributed by atoms with Gasteiger partial charge in [0.25, 0.3) is 0 Å². The maximum absolute atomic E-state index is 12.8. The van der Waals surface area contributed by atoms with E-state index in [0.717, 1.165) is 41.3 Å². The summed E-state index contributed by atoms with van der Waals surface area (Å²) < 4.78 is 11.6. The molecule has 0 amide bonds. The molecular weight excluding hydrogens is 568 g/mol. The summed E-state index contributed by atoms with van der Waals surface area (Å²) in [6.45, 7) is 5.21. The van der Waals surface area contributed by atoms with Crippen LogP contribution in [0, 0.1) is 0 Å². The lowest BCUT2D eigenvalue weighted by Crippen LogP contribution is -2.08. The number of carbonyl (C=O) groups is 2. The molecular formula is C42H60O4. The zero-order chi connectivity index (χ0) is 32.7. The molecule has 0 unspecified atom stereocenters. The third kappa shape index (κ3) is 15.0. The Kier molecular flexibility index (Phi) is 18.8. The van der Waals surface area contributed by atoms with E-state index in [1.807, 2.05) is 42.5 Å². The van der Waals surface area contributed by atoms with Crippen LogP contribution in [-0.2, 0) is 0 Å². The average molecular weight is 629 g/mol. The van der Waals surface area contributed by atoms with Gasteiger partial charge in [-0.15, -0.1) is 0 Å². The van der Waals surface area contributed by atoms with Gasteiger partial charge in [-0.3, -0.25) is 4.79 Å². The number of unbranched alkanes of at least 4 members (excludes halogenated alkanes) is 18. The molecule has 3 aromatic rings. The average Bonchev–Trinajstić information content (AvgIpc) is 3.08. The Balaban J connectivity index is 1.33. The number of esters is 1. The SMILES string of the molecule is CCCCCCCCCCCCOc1ccc(C(=O)Oc2ccc3cc(C(=O)CCCCCCCCCCCC)ccc3c2)cc1. The highest BCUT2D eigenvalue weighted by atomic mass is 16.5. The van der Waals surface area contributed by atoms with Crippen LogP contribution in [0.2, 0.25) is 0 Å². The fourth-order valence-corrected chi connectivity index (χ4v) is 6.01. The lowest BCUT2D eigenvalue weighted by Gasteiger charge is -2.09. The highest BCUT2D eigenvalue weighted by Gasteiger charge is 2.11. The van der Waals surface area contributed by atoms with Crippen molar-refractivity contribution >= 4 is 22.5 Å². The van der Waals surface area contributed by atoms with Crippen LogP contribution in [0.3, 0.4) is 0 Å². The van der Waals surface area contributed by atoms with Crippen molar-refractivity contribution in [1.82, 2.24) is 0 Å². The van der Waals surface area contributed by atoms with Crippen molar-refractivity contribution in [3.8, 4) is 11.5 Å². The molecule has 46 heavy (non-hydrogen) atoms. The summed E-state index contributed by atoms with van der Waals surface area (Å²) in [4.78, 5) is 25.6. The molecule has 0 aliphatic heterocycles. The van der Waals surface area contributed by atoms with Crippen LogP contribution in [-0.4, -0.2) is 18.4 Å². The number of hydrogen-bond acceptors (Lipinski definition) is 4. The molecule has 3 rings (SSSR count). The van der Waals surface area contributed by atoms with Crippen molar-refractivity contribution in [2.24, 2.45) is 0 Å². The number of benzene rings is 3. The van der Waals surface area contributed by atoms with Gasteiger partial charge >= 0.3 is 5.97 Å². The minimum atomic E-state index is -0.399. The summed E-state index contributed by atoms with van der Waals surface area (Å²) in [5.41, 5.74) is 1.24. The number of ketones is 1. The Hall–Kier alpha value is -3.14. The standard InChI is InChI=1S/C42H60O4/c1-3-5-7-9-11-13-15-17-19-21-23-41(43)38-25-24-37-34-40(31-28-36(37)33-38)46-42(44)35-26-29-39(30-27-35)45-32-22-20-18-16-14-12-10-8-6-4-2/h24-31,33-34H,3-23,32H2,1-2H3. The van der Waals surface area contributed by atoms with E-state index in [2.05, 4.69) is 13.8 Å². The summed E-state index contributed by atoms with van der Waals surface area (Å²) in [5.74, 6) is 1.07. The molecule has 0 aromatic heterocycles. The maximum Gasteiger partial charge on any atom is 0.343 e. The van der Waals surface area contributed by atoms with Gasteiger partial charge in [0.15, 0.2) is 5.78 Å². The molecule has 0 radical (unpaired) electrons. The minimum absolute atomic E-state index is 0.202. The first-order valence-electron chi connectivity index (χ1n) is 18.6. The zero-order valence-corrected chi connectivity index (χ0v) is 29.0. The fourth-order valence-electron chi connectivity index (χ4n) is 6.01. The Morgan fingerprint density at radius 2 is 0.935 bits per heavy atom. The van der Waals surface area contributed by atoms with Crippen molar-refractivity contribution in [1.29, 1.82) is 0 Å². The van der Waals surface area contributed by atoms with E-state index >= 15 is 0 Å². The number of hydrogen-bond donors (Lipinski definition) is 0. The second-order valence-corrected chi connectivity index (χ2v) is 13.0. The van der Waals surface area contributed by atoms with E-state index < -0.39 is 5.97 Å². The van der Waals surface area contributed by atoms with Gasteiger partial charge in [-0.05, 0) is 66.1 Å². The van der Waals surface area contributed by atoms with Crippen LogP contribution < -0.4 is 9.47 Å². The van der Waals surface area contributed by atoms with Crippen LogP contribution >= 0.6 is 0 Å². The molecule has 0 saturated heterocycles. The number of carbonyl (C=O) groups excluding carboxylic acids is 2. The molecule has 4 heteroatoms. The zero-order valence-electron chi connectivity index (χ0n) is 29.0. The predicted molar refractivity (Wildman–Crippen MR) is 193 cm³/mol. The molecule has 4 nitrogen and oxygen atoms in total. The maximum atomic E-state index is 12.8. The van der Waals surface area contributed by atoms with Crippen LogP contribution in [0.15, 0.2) is 60.7 Å². The first-order chi connectivity index (χ1) is 22.6. The Bertz CT molecular complexity index is 1260. The number of Topliss-reactive ketones (excluding diaryl/α,β-unsaturated/α-hetero) is 1. The van der Waals surface area contributed by atoms with Gasteiger partial charge in [0, 0.05) is 12.0 Å². The van der Waals surface area contributed by atoms with Gasteiger partial charge in [0.1, 0.15) is 11.5 Å². The molecule has 252 valence electrons. The number of rotatable bonds is 26. The molecule has 0 bridgehead atoms. The van der Waals surface area contributed by atoms with Gasteiger partial charge < -0.3 is 9.47 Å². The third-order valence-electron chi connectivity index (χ3n) is 8.96. The molecule has 0 heterocycles. The number of ether oxygens (including phenoxy) is 2. The van der Waals surface area contributed by atoms with Crippen molar-refractivity contribution in [3.63, 3.8) is 0 Å². The van der Waals surface area contributed by atoms with Gasteiger partial charge in [-0.1, -0.05) is 148 Å². The molecule has 0 aliphatic carbocycles. The quantitative estimate of drug-likeness (QED) is 0.0384. The largest absolute Gasteiger partial charge is 0.494 e.